The van der Waals surface area contributed by atoms with Crippen LogP contribution >= 0.6 is 0 Å². The van der Waals surface area contributed by atoms with Gasteiger partial charge >= 0.3 is 0 Å². The van der Waals surface area contributed by atoms with Gasteiger partial charge in [0.05, 0.1) is 10.9 Å². The molecule has 1 aliphatic rings. The molecule has 8 heteroatoms. The number of piperidine rings is 1. The van der Waals surface area contributed by atoms with Crippen LogP contribution in [0.2, 0.25) is 0 Å². The van der Waals surface area contributed by atoms with Crippen LogP contribution in [0.3, 0.4) is 0 Å². The Kier molecular flexibility index (Phi) is 4.71. The summed E-state index contributed by atoms with van der Waals surface area (Å²) in [7, 11) is -3.81. The smallest absolute Gasteiger partial charge is 0.257 e. The van der Waals surface area contributed by atoms with Crippen LogP contribution < -0.4 is 10.3 Å². The van der Waals surface area contributed by atoms with Crippen LogP contribution in [0.1, 0.15) is 19.3 Å². The summed E-state index contributed by atoms with van der Waals surface area (Å²) in [5.74, 6) is -0.626. The molecule has 1 heterocycles. The van der Waals surface area contributed by atoms with Crippen molar-refractivity contribution < 1.29 is 13.2 Å². The third-order valence-corrected chi connectivity index (χ3v) is 4.38. The average Bonchev–Trinajstić information content (AvgIpc) is 2.46. The van der Waals surface area contributed by atoms with Crippen LogP contribution in [0.4, 0.5) is 0 Å². The Hall–Kier alpha value is -1.48. The summed E-state index contributed by atoms with van der Waals surface area (Å²) >= 11 is 0. The van der Waals surface area contributed by atoms with E-state index in [2.05, 4.69) is 5.43 Å². The molecule has 2 rings (SSSR count). The molecule has 1 aliphatic heterocycles. The fourth-order valence-electron chi connectivity index (χ4n) is 2.03. The lowest BCUT2D eigenvalue weighted by Crippen LogP contribution is -2.52. The zero-order valence-corrected chi connectivity index (χ0v) is 11.6. The van der Waals surface area contributed by atoms with Gasteiger partial charge in [-0.25, -0.2) is 8.42 Å². The summed E-state index contributed by atoms with van der Waals surface area (Å²) in [4.78, 5) is 13.9. The molecule has 1 atom stereocenters. The summed E-state index contributed by atoms with van der Waals surface area (Å²) in [5.41, 5.74) is 2.10. The van der Waals surface area contributed by atoms with Gasteiger partial charge in [0, 0.05) is 0 Å². The van der Waals surface area contributed by atoms with E-state index in [0.717, 1.165) is 12.8 Å². The molecule has 1 unspecified atom stereocenters. The number of hydroxylamine groups is 2. The number of hydrazine groups is 1. The Bertz CT molecular complexity index is 561. The summed E-state index contributed by atoms with van der Waals surface area (Å²) in [6, 6.07) is 6.84. The lowest BCUT2D eigenvalue weighted by Gasteiger charge is -2.39. The van der Waals surface area contributed by atoms with E-state index in [9.17, 15) is 18.4 Å². The zero-order valence-electron chi connectivity index (χ0n) is 10.8. The highest BCUT2D eigenvalue weighted by Gasteiger charge is 2.24. The van der Waals surface area contributed by atoms with E-state index in [0.29, 0.717) is 18.0 Å². The molecule has 0 bridgehead atoms. The summed E-state index contributed by atoms with van der Waals surface area (Å²) in [5, 5.41) is 12.2. The fraction of sp³-hybridized carbons (Fsp3) is 0.417. The molecule has 0 aromatic heterocycles. The molecule has 0 aliphatic carbocycles. The van der Waals surface area contributed by atoms with E-state index in [1.54, 1.807) is 18.2 Å². The summed E-state index contributed by atoms with van der Waals surface area (Å²) in [6.45, 7) is 0.295. The van der Waals surface area contributed by atoms with Gasteiger partial charge < -0.3 is 10.3 Å². The number of rotatable bonds is 4. The molecule has 1 aromatic carbocycles. The van der Waals surface area contributed by atoms with Crippen molar-refractivity contribution in [3.63, 3.8) is 0 Å². The van der Waals surface area contributed by atoms with Crippen molar-refractivity contribution in [2.45, 2.75) is 30.2 Å². The molecule has 20 heavy (non-hydrogen) atoms. The van der Waals surface area contributed by atoms with Crippen LogP contribution in [-0.2, 0) is 14.8 Å². The minimum atomic E-state index is -3.81. The average molecular weight is 298 g/mol. The van der Waals surface area contributed by atoms with Gasteiger partial charge in [-0.3, -0.25) is 10.2 Å². The first kappa shape index (κ1) is 14.9. The maximum absolute atomic E-state index is 11.9. The number of hydrogen-bond donors (Lipinski definition) is 2. The molecule has 1 saturated heterocycles. The minimum Gasteiger partial charge on any atom is -0.785 e. The maximum Gasteiger partial charge on any atom is 0.257 e. The predicted molar refractivity (Wildman–Crippen MR) is 72.6 cm³/mol. The van der Waals surface area contributed by atoms with Crippen molar-refractivity contribution in [3.8, 4) is 0 Å². The first-order chi connectivity index (χ1) is 9.50. The Labute approximate surface area is 117 Å². The first-order valence-electron chi connectivity index (χ1n) is 6.31. The standard InChI is InChI=1S/C12H16N3O4S/c16-12(11-8-4-5-9-15(11)17)13-14-20(18,19)10-6-2-1-3-7-10/h1-3,6-7,11,14H,4-5,8-9H2,(H,13,16)/q-1. The number of carbonyl (C=O) groups is 1. The monoisotopic (exact) mass is 298 g/mol. The van der Waals surface area contributed by atoms with E-state index in [1.165, 1.54) is 12.1 Å². The van der Waals surface area contributed by atoms with E-state index >= 15 is 0 Å². The maximum atomic E-state index is 11.9. The van der Waals surface area contributed by atoms with Crippen molar-refractivity contribution in [3.05, 3.63) is 35.5 Å². The van der Waals surface area contributed by atoms with Crippen LogP contribution in [0.25, 0.3) is 0 Å². The topological polar surface area (TPSA) is 102 Å². The summed E-state index contributed by atoms with van der Waals surface area (Å²) in [6.07, 6.45) is 1.97. The first-order valence-corrected chi connectivity index (χ1v) is 7.79. The number of nitrogens with zero attached hydrogens (tertiary/aromatic N) is 1. The second-order valence-corrected chi connectivity index (χ2v) is 6.24. The van der Waals surface area contributed by atoms with Crippen molar-refractivity contribution in [2.75, 3.05) is 6.54 Å². The van der Waals surface area contributed by atoms with Gasteiger partial charge in [-0.15, -0.1) is 4.83 Å². The number of amides is 1. The van der Waals surface area contributed by atoms with Crippen molar-refractivity contribution in [1.29, 1.82) is 0 Å². The number of benzene rings is 1. The highest BCUT2D eigenvalue weighted by atomic mass is 32.2. The molecule has 2 N–H and O–H groups in total. The van der Waals surface area contributed by atoms with Gasteiger partial charge in [-0.2, -0.15) is 0 Å². The second-order valence-electron chi connectivity index (χ2n) is 4.56. The molecular formula is C12H16N3O4S-. The highest BCUT2D eigenvalue weighted by Crippen LogP contribution is 2.15. The van der Waals surface area contributed by atoms with Crippen LogP contribution in [0.15, 0.2) is 35.2 Å². The minimum absolute atomic E-state index is 0.0444. The highest BCUT2D eigenvalue weighted by molar-refractivity contribution is 7.89. The van der Waals surface area contributed by atoms with Crippen molar-refractivity contribution in [2.24, 2.45) is 0 Å². The molecular weight excluding hydrogens is 282 g/mol. The molecule has 1 aromatic rings. The third-order valence-electron chi connectivity index (χ3n) is 3.12. The van der Waals surface area contributed by atoms with Crippen molar-refractivity contribution >= 4 is 15.9 Å². The van der Waals surface area contributed by atoms with Crippen LogP contribution in [-0.4, -0.2) is 32.0 Å². The van der Waals surface area contributed by atoms with E-state index in [-0.39, 0.29) is 4.90 Å². The Morgan fingerprint density at radius 3 is 2.60 bits per heavy atom. The van der Waals surface area contributed by atoms with E-state index < -0.39 is 22.0 Å². The molecule has 1 fully saturated rings. The molecule has 0 spiro atoms. The van der Waals surface area contributed by atoms with Gasteiger partial charge in [-0.05, 0) is 31.5 Å². The van der Waals surface area contributed by atoms with Crippen LogP contribution in [0, 0.1) is 5.21 Å². The van der Waals surface area contributed by atoms with Gasteiger partial charge in [0.15, 0.2) is 0 Å². The Balaban J connectivity index is 1.96. The largest absolute Gasteiger partial charge is 0.785 e. The second kappa shape index (κ2) is 6.31. The molecule has 110 valence electrons. The number of hydrogen-bond acceptors (Lipinski definition) is 5. The SMILES string of the molecule is O=C(NNS(=O)(=O)c1ccccc1)C1CCCCN1[O-]. The van der Waals surface area contributed by atoms with Gasteiger partial charge in [0.2, 0.25) is 0 Å². The van der Waals surface area contributed by atoms with E-state index in [4.69, 9.17) is 0 Å². The Morgan fingerprint density at radius 1 is 1.25 bits per heavy atom. The normalized spacial score (nSPS) is 20.6. The number of nitrogens with one attached hydrogen (secondary N) is 2. The lowest BCUT2D eigenvalue weighted by atomic mass is 10.0. The van der Waals surface area contributed by atoms with Gasteiger partial charge in [0.1, 0.15) is 0 Å². The molecule has 1 amide bonds. The van der Waals surface area contributed by atoms with Crippen molar-refractivity contribution in [1.82, 2.24) is 15.3 Å². The van der Waals surface area contributed by atoms with Crippen LogP contribution in [0.5, 0.6) is 0 Å². The van der Waals surface area contributed by atoms with E-state index in [1.807, 2.05) is 4.83 Å². The predicted octanol–water partition coefficient (Wildman–Crippen LogP) is 0.348. The molecule has 0 saturated carbocycles. The number of sulfonamides is 1. The van der Waals surface area contributed by atoms with Gasteiger partial charge in [-0.1, -0.05) is 24.6 Å². The number of carbonyl (C=O) groups excluding carboxylic acids is 1. The third kappa shape index (κ3) is 3.54. The fourth-order valence-corrected chi connectivity index (χ4v) is 2.89. The molecule has 7 nitrogen and oxygen atoms in total. The quantitative estimate of drug-likeness (QED) is 0.781. The summed E-state index contributed by atoms with van der Waals surface area (Å²) < 4.78 is 23.8. The van der Waals surface area contributed by atoms with Gasteiger partial charge in [0.25, 0.3) is 15.9 Å². The zero-order chi connectivity index (χ0) is 14.6. The lowest BCUT2D eigenvalue weighted by molar-refractivity contribution is -0.127. The Morgan fingerprint density at radius 2 is 1.95 bits per heavy atom. The molecule has 0 radical (unpaired) electrons.